The first-order valence-electron chi connectivity index (χ1n) is 7.79. The van der Waals surface area contributed by atoms with Crippen molar-refractivity contribution in [2.45, 2.75) is 26.2 Å². The third-order valence-corrected chi connectivity index (χ3v) is 3.73. The molecule has 0 N–H and O–H groups in total. The second-order valence-corrected chi connectivity index (χ2v) is 5.41. The van der Waals surface area contributed by atoms with E-state index >= 15 is 0 Å². The van der Waals surface area contributed by atoms with Gasteiger partial charge in [-0.05, 0) is 30.7 Å². The largest absolute Gasteiger partial charge is 0.341 e. The van der Waals surface area contributed by atoms with Crippen molar-refractivity contribution >= 4 is 22.7 Å². The lowest BCUT2D eigenvalue weighted by molar-refractivity contribution is -0.385. The van der Waals surface area contributed by atoms with Gasteiger partial charge < -0.3 is 4.90 Å². The fourth-order valence-electron chi connectivity index (χ4n) is 2.44. The van der Waals surface area contributed by atoms with Gasteiger partial charge >= 0.3 is 0 Å². The number of hydrogen-bond acceptors (Lipinski definition) is 5. The lowest BCUT2D eigenvalue weighted by Crippen LogP contribution is -2.18. The molecule has 0 aliphatic carbocycles. The maximum absolute atomic E-state index is 10.8. The van der Waals surface area contributed by atoms with Gasteiger partial charge in [0.1, 0.15) is 0 Å². The smallest absolute Gasteiger partial charge is 0.269 e. The number of anilines is 2. The first-order chi connectivity index (χ1) is 11.5. The molecule has 0 radical (unpaired) electrons. The first kappa shape index (κ1) is 17.4. The van der Waals surface area contributed by atoms with Crippen LogP contribution in [0, 0.1) is 20.2 Å². The van der Waals surface area contributed by atoms with Gasteiger partial charge in [0.2, 0.25) is 0 Å². The van der Waals surface area contributed by atoms with E-state index in [1.54, 1.807) is 24.3 Å². The molecule has 0 atom stereocenters. The van der Waals surface area contributed by atoms with Crippen LogP contribution in [0.5, 0.6) is 0 Å². The number of nitrogens with zero attached hydrogens (tertiary/aromatic N) is 3. The minimum atomic E-state index is -0.433. The Balaban J connectivity index is 2.29. The molecular formula is C17H19N3O4. The Morgan fingerprint density at radius 1 is 0.792 bits per heavy atom. The van der Waals surface area contributed by atoms with Crippen molar-refractivity contribution in [1.82, 2.24) is 0 Å². The molecule has 0 aliphatic rings. The molecule has 2 rings (SSSR count). The van der Waals surface area contributed by atoms with E-state index in [-0.39, 0.29) is 11.4 Å². The fourth-order valence-corrected chi connectivity index (χ4v) is 2.44. The van der Waals surface area contributed by atoms with Crippen molar-refractivity contribution in [2.75, 3.05) is 11.4 Å². The molecule has 0 unspecified atom stereocenters. The van der Waals surface area contributed by atoms with Crippen LogP contribution >= 0.6 is 0 Å². The third-order valence-electron chi connectivity index (χ3n) is 3.73. The summed E-state index contributed by atoms with van der Waals surface area (Å²) in [5.41, 5.74) is 1.73. The fraction of sp³-hybridized carbons (Fsp3) is 0.294. The summed E-state index contributed by atoms with van der Waals surface area (Å²) < 4.78 is 0. The number of non-ortho nitro benzene ring substituents is 2. The summed E-state index contributed by atoms with van der Waals surface area (Å²) in [5, 5.41) is 21.6. The second kappa shape index (κ2) is 8.05. The summed E-state index contributed by atoms with van der Waals surface area (Å²) in [6.45, 7) is 2.85. The second-order valence-electron chi connectivity index (χ2n) is 5.41. The van der Waals surface area contributed by atoms with Gasteiger partial charge in [0.05, 0.1) is 9.85 Å². The Hall–Kier alpha value is -2.96. The van der Waals surface area contributed by atoms with Gasteiger partial charge in [-0.2, -0.15) is 0 Å². The highest BCUT2D eigenvalue weighted by atomic mass is 16.6. The molecule has 0 amide bonds. The van der Waals surface area contributed by atoms with Crippen molar-refractivity contribution in [2.24, 2.45) is 0 Å². The lowest BCUT2D eigenvalue weighted by Gasteiger charge is -2.25. The number of rotatable bonds is 8. The average Bonchev–Trinajstić information content (AvgIpc) is 2.59. The maximum Gasteiger partial charge on any atom is 0.269 e. The van der Waals surface area contributed by atoms with Gasteiger partial charge in [-0.1, -0.05) is 19.8 Å². The molecule has 0 bridgehead atoms. The average molecular weight is 329 g/mol. The van der Waals surface area contributed by atoms with Gasteiger partial charge in [-0.15, -0.1) is 0 Å². The van der Waals surface area contributed by atoms with Crippen molar-refractivity contribution in [3.05, 3.63) is 68.8 Å². The molecule has 0 saturated heterocycles. The highest BCUT2D eigenvalue weighted by molar-refractivity contribution is 5.65. The zero-order chi connectivity index (χ0) is 17.5. The number of nitro benzene ring substituents is 2. The number of unbranched alkanes of at least 4 members (excludes halogenated alkanes) is 2. The van der Waals surface area contributed by atoms with Gasteiger partial charge in [-0.25, -0.2) is 0 Å². The Kier molecular flexibility index (Phi) is 5.83. The van der Waals surface area contributed by atoms with Crippen molar-refractivity contribution in [1.29, 1.82) is 0 Å². The van der Waals surface area contributed by atoms with Crippen LogP contribution in [0.15, 0.2) is 48.5 Å². The van der Waals surface area contributed by atoms with E-state index in [2.05, 4.69) is 6.92 Å². The zero-order valence-electron chi connectivity index (χ0n) is 13.4. The Morgan fingerprint density at radius 3 is 1.54 bits per heavy atom. The van der Waals surface area contributed by atoms with Gasteiger partial charge in [0.25, 0.3) is 11.4 Å². The normalized spacial score (nSPS) is 10.4. The zero-order valence-corrected chi connectivity index (χ0v) is 13.4. The summed E-state index contributed by atoms with van der Waals surface area (Å²) in [4.78, 5) is 22.7. The molecule has 0 aromatic heterocycles. The van der Waals surface area contributed by atoms with Gasteiger partial charge in [0, 0.05) is 42.2 Å². The lowest BCUT2D eigenvalue weighted by atomic mass is 10.2. The monoisotopic (exact) mass is 329 g/mol. The topological polar surface area (TPSA) is 89.5 Å². The summed E-state index contributed by atoms with van der Waals surface area (Å²) in [6.07, 6.45) is 3.11. The van der Waals surface area contributed by atoms with Crippen LogP contribution in [0.4, 0.5) is 22.7 Å². The van der Waals surface area contributed by atoms with E-state index in [1.165, 1.54) is 24.3 Å². The van der Waals surface area contributed by atoms with E-state index in [0.717, 1.165) is 37.2 Å². The van der Waals surface area contributed by atoms with Crippen LogP contribution < -0.4 is 4.90 Å². The SMILES string of the molecule is CCCCCN(c1ccc([N+](=O)[O-])cc1)c1ccc([N+](=O)[O-])cc1. The summed E-state index contributed by atoms with van der Waals surface area (Å²) in [7, 11) is 0. The predicted molar refractivity (Wildman–Crippen MR) is 92.7 cm³/mol. The molecule has 0 saturated carbocycles. The van der Waals surface area contributed by atoms with E-state index in [4.69, 9.17) is 0 Å². The summed E-state index contributed by atoms with van der Waals surface area (Å²) in [6, 6.07) is 12.7. The highest BCUT2D eigenvalue weighted by Gasteiger charge is 2.13. The molecule has 24 heavy (non-hydrogen) atoms. The molecule has 7 heteroatoms. The Morgan fingerprint density at radius 2 is 1.21 bits per heavy atom. The molecule has 126 valence electrons. The molecule has 0 heterocycles. The predicted octanol–water partition coefficient (Wildman–Crippen LogP) is 4.83. The van der Waals surface area contributed by atoms with Crippen molar-refractivity contribution in [3.63, 3.8) is 0 Å². The van der Waals surface area contributed by atoms with Crippen LogP contribution in [0.1, 0.15) is 26.2 Å². The Bertz CT molecular complexity index is 641. The first-order valence-corrected chi connectivity index (χ1v) is 7.79. The number of benzene rings is 2. The molecule has 2 aromatic carbocycles. The summed E-state index contributed by atoms with van der Waals surface area (Å²) in [5.74, 6) is 0. The number of hydrogen-bond donors (Lipinski definition) is 0. The van der Waals surface area contributed by atoms with Crippen LogP contribution in [0.25, 0.3) is 0 Å². The minimum Gasteiger partial charge on any atom is -0.341 e. The van der Waals surface area contributed by atoms with E-state index in [1.807, 2.05) is 4.90 Å². The Labute approximate surface area is 139 Å². The quantitative estimate of drug-likeness (QED) is 0.393. The van der Waals surface area contributed by atoms with E-state index in [0.29, 0.717) is 0 Å². The maximum atomic E-state index is 10.8. The van der Waals surface area contributed by atoms with Crippen LogP contribution in [-0.4, -0.2) is 16.4 Å². The van der Waals surface area contributed by atoms with Crippen LogP contribution in [0.2, 0.25) is 0 Å². The van der Waals surface area contributed by atoms with E-state index in [9.17, 15) is 20.2 Å². The van der Waals surface area contributed by atoms with Crippen molar-refractivity contribution < 1.29 is 9.85 Å². The van der Waals surface area contributed by atoms with Gasteiger partial charge in [-0.3, -0.25) is 20.2 Å². The van der Waals surface area contributed by atoms with Crippen molar-refractivity contribution in [3.8, 4) is 0 Å². The van der Waals surface area contributed by atoms with E-state index < -0.39 is 9.85 Å². The van der Waals surface area contributed by atoms with Gasteiger partial charge in [0.15, 0.2) is 0 Å². The molecule has 2 aromatic rings. The highest BCUT2D eigenvalue weighted by Crippen LogP contribution is 2.29. The van der Waals surface area contributed by atoms with Crippen LogP contribution in [-0.2, 0) is 0 Å². The molecule has 0 fully saturated rings. The minimum absolute atomic E-state index is 0.0379. The molecule has 7 nitrogen and oxygen atoms in total. The number of nitro groups is 2. The molecule has 0 aliphatic heterocycles. The van der Waals surface area contributed by atoms with Crippen LogP contribution in [0.3, 0.4) is 0 Å². The summed E-state index contributed by atoms with van der Waals surface area (Å²) >= 11 is 0. The standard InChI is InChI=1S/C17H19N3O4/c1-2-3-4-13-18(14-5-9-16(10-6-14)19(21)22)15-7-11-17(12-8-15)20(23)24/h5-12H,2-4,13H2,1H3. The molecular weight excluding hydrogens is 310 g/mol. The third kappa shape index (κ3) is 4.28. The molecule has 0 spiro atoms.